The van der Waals surface area contributed by atoms with Crippen molar-refractivity contribution in [2.75, 3.05) is 7.11 Å². The molecule has 2 N–H and O–H groups in total. The van der Waals surface area contributed by atoms with Crippen LogP contribution in [0.4, 0.5) is 0 Å². The summed E-state index contributed by atoms with van der Waals surface area (Å²) in [6, 6.07) is 0. The molecule has 0 aromatic rings. The van der Waals surface area contributed by atoms with Crippen LogP contribution in [0.2, 0.25) is 0 Å². The fraction of sp³-hybridized carbons (Fsp3) is 1.00. The smallest absolute Gasteiger partial charge is 0.0591 e. The molecule has 0 fully saturated rings. The van der Waals surface area contributed by atoms with Crippen molar-refractivity contribution < 1.29 is 4.84 Å². The molecule has 0 atom stereocenters. The SMILES string of the molecule is CON(N)C(C)(C)C. The summed E-state index contributed by atoms with van der Waals surface area (Å²) >= 11 is 0. The third-order valence-electron chi connectivity index (χ3n) is 0.858. The van der Waals surface area contributed by atoms with Gasteiger partial charge >= 0.3 is 0 Å². The molecule has 0 spiro atoms. The fourth-order valence-electron chi connectivity index (χ4n) is 0.274. The molecule has 3 nitrogen and oxygen atoms in total. The van der Waals surface area contributed by atoms with Crippen molar-refractivity contribution in [1.82, 2.24) is 5.17 Å². The molecule has 0 saturated carbocycles. The Morgan fingerprint density at radius 1 is 1.38 bits per heavy atom. The van der Waals surface area contributed by atoms with E-state index in [1.54, 1.807) is 7.11 Å². The van der Waals surface area contributed by atoms with Crippen LogP contribution in [0.15, 0.2) is 0 Å². The van der Waals surface area contributed by atoms with Crippen molar-refractivity contribution >= 4 is 0 Å². The number of nitrogens with zero attached hydrogens (tertiary/aromatic N) is 1. The van der Waals surface area contributed by atoms with Gasteiger partial charge in [-0.3, -0.25) is 4.84 Å². The lowest BCUT2D eigenvalue weighted by Gasteiger charge is -2.27. The lowest BCUT2D eigenvalue weighted by molar-refractivity contribution is -0.190. The molecular weight excluding hydrogens is 104 g/mol. The third kappa shape index (κ3) is 2.26. The molecule has 0 aromatic carbocycles. The van der Waals surface area contributed by atoms with Gasteiger partial charge in [0.2, 0.25) is 0 Å². The van der Waals surface area contributed by atoms with Gasteiger partial charge in [-0.1, -0.05) is 0 Å². The van der Waals surface area contributed by atoms with Crippen LogP contribution in [0.1, 0.15) is 20.8 Å². The molecule has 0 heterocycles. The van der Waals surface area contributed by atoms with E-state index in [4.69, 9.17) is 10.7 Å². The largest absolute Gasteiger partial charge is 0.287 e. The van der Waals surface area contributed by atoms with Crippen molar-refractivity contribution in [3.63, 3.8) is 0 Å². The summed E-state index contributed by atoms with van der Waals surface area (Å²) in [5.41, 5.74) is -0.102. The van der Waals surface area contributed by atoms with Gasteiger partial charge in [-0.05, 0) is 20.8 Å². The zero-order valence-corrected chi connectivity index (χ0v) is 5.93. The van der Waals surface area contributed by atoms with E-state index in [-0.39, 0.29) is 5.54 Å². The maximum absolute atomic E-state index is 5.36. The second kappa shape index (κ2) is 2.44. The van der Waals surface area contributed by atoms with Crippen LogP contribution in [-0.2, 0) is 4.84 Å². The number of rotatable bonds is 1. The minimum absolute atomic E-state index is 0.102. The van der Waals surface area contributed by atoms with Gasteiger partial charge in [0.05, 0.1) is 12.6 Å². The van der Waals surface area contributed by atoms with Gasteiger partial charge in [0.25, 0.3) is 0 Å². The molecule has 0 rings (SSSR count). The minimum atomic E-state index is -0.102. The summed E-state index contributed by atoms with van der Waals surface area (Å²) < 4.78 is 0. The molecule has 0 aliphatic carbocycles. The van der Waals surface area contributed by atoms with Crippen molar-refractivity contribution in [2.24, 2.45) is 5.84 Å². The number of nitrogens with two attached hydrogens (primary N) is 1. The highest BCUT2D eigenvalue weighted by molar-refractivity contribution is 4.63. The summed E-state index contributed by atoms with van der Waals surface area (Å²) in [7, 11) is 1.55. The Hall–Kier alpha value is -0.120. The normalized spacial score (nSPS) is 12.8. The number of hydrazine groups is 1. The zero-order chi connectivity index (χ0) is 6.78. The molecular formula is C5H14N2O. The van der Waals surface area contributed by atoms with Crippen molar-refractivity contribution in [2.45, 2.75) is 26.3 Å². The maximum atomic E-state index is 5.36. The molecule has 50 valence electrons. The molecule has 0 aliphatic rings. The van der Waals surface area contributed by atoms with Crippen LogP contribution < -0.4 is 5.84 Å². The van der Waals surface area contributed by atoms with Crippen molar-refractivity contribution in [3.05, 3.63) is 0 Å². The Labute approximate surface area is 50.3 Å². The summed E-state index contributed by atoms with van der Waals surface area (Å²) in [4.78, 5) is 4.73. The average molecular weight is 118 g/mol. The molecule has 8 heavy (non-hydrogen) atoms. The molecule has 3 heteroatoms. The topological polar surface area (TPSA) is 38.5 Å². The Morgan fingerprint density at radius 2 is 1.75 bits per heavy atom. The Bertz CT molecular complexity index is 67.3. The van der Waals surface area contributed by atoms with Crippen molar-refractivity contribution in [1.29, 1.82) is 0 Å². The van der Waals surface area contributed by atoms with Crippen LogP contribution in [0, 0.1) is 0 Å². The van der Waals surface area contributed by atoms with Crippen LogP contribution >= 0.6 is 0 Å². The van der Waals surface area contributed by atoms with Gasteiger partial charge in [0.1, 0.15) is 0 Å². The molecule has 0 unspecified atom stereocenters. The third-order valence-corrected chi connectivity index (χ3v) is 0.858. The summed E-state index contributed by atoms with van der Waals surface area (Å²) in [5.74, 6) is 5.36. The maximum Gasteiger partial charge on any atom is 0.0591 e. The Kier molecular flexibility index (Phi) is 2.40. The van der Waals surface area contributed by atoms with Crippen molar-refractivity contribution in [3.8, 4) is 0 Å². The second-order valence-electron chi connectivity index (χ2n) is 2.68. The monoisotopic (exact) mass is 118 g/mol. The standard InChI is InChI=1S/C5H14N2O/c1-5(2,3)7(6)8-4/h6H2,1-4H3. The van der Waals surface area contributed by atoms with Gasteiger partial charge in [-0.2, -0.15) is 0 Å². The van der Waals surface area contributed by atoms with Gasteiger partial charge in [-0.15, -0.1) is 5.17 Å². The first-order chi connectivity index (χ1) is 3.48. The lowest BCUT2D eigenvalue weighted by Crippen LogP contribution is -2.45. The van der Waals surface area contributed by atoms with Crippen LogP contribution in [-0.4, -0.2) is 17.8 Å². The number of hydroxylamine groups is 1. The molecule has 0 amide bonds. The van der Waals surface area contributed by atoms with Crippen LogP contribution in [0.5, 0.6) is 0 Å². The predicted octanol–water partition coefficient (Wildman–Crippen LogP) is 0.522. The van der Waals surface area contributed by atoms with Crippen LogP contribution in [0.25, 0.3) is 0 Å². The first kappa shape index (κ1) is 7.88. The van der Waals surface area contributed by atoms with Gasteiger partial charge in [0, 0.05) is 0 Å². The highest BCUT2D eigenvalue weighted by Gasteiger charge is 2.16. The van der Waals surface area contributed by atoms with E-state index >= 15 is 0 Å². The molecule has 0 aromatic heterocycles. The quantitative estimate of drug-likeness (QED) is 0.403. The number of hydrogen-bond acceptors (Lipinski definition) is 3. The van der Waals surface area contributed by atoms with E-state index in [9.17, 15) is 0 Å². The Balaban J connectivity index is 3.62. The summed E-state index contributed by atoms with van der Waals surface area (Å²) in [6.45, 7) is 5.91. The first-order valence-electron chi connectivity index (χ1n) is 2.57. The minimum Gasteiger partial charge on any atom is -0.287 e. The number of hydrogen-bond donors (Lipinski definition) is 1. The Morgan fingerprint density at radius 3 is 1.75 bits per heavy atom. The highest BCUT2D eigenvalue weighted by atomic mass is 16.7. The average Bonchev–Trinajstić information content (AvgIpc) is 1.62. The zero-order valence-electron chi connectivity index (χ0n) is 5.93. The van der Waals surface area contributed by atoms with E-state index in [2.05, 4.69) is 0 Å². The van der Waals surface area contributed by atoms with E-state index in [0.29, 0.717) is 0 Å². The first-order valence-corrected chi connectivity index (χ1v) is 2.57. The fourth-order valence-corrected chi connectivity index (χ4v) is 0.274. The van der Waals surface area contributed by atoms with E-state index in [0.717, 1.165) is 0 Å². The van der Waals surface area contributed by atoms with E-state index in [1.807, 2.05) is 20.8 Å². The summed E-state index contributed by atoms with van der Waals surface area (Å²) in [5, 5.41) is 1.31. The lowest BCUT2D eigenvalue weighted by atomic mass is 10.1. The van der Waals surface area contributed by atoms with Crippen LogP contribution in [0.3, 0.4) is 0 Å². The van der Waals surface area contributed by atoms with E-state index in [1.165, 1.54) is 5.17 Å². The summed E-state index contributed by atoms with van der Waals surface area (Å²) in [6.07, 6.45) is 0. The second-order valence-corrected chi connectivity index (χ2v) is 2.68. The highest BCUT2D eigenvalue weighted by Crippen LogP contribution is 2.06. The predicted molar refractivity (Wildman–Crippen MR) is 32.8 cm³/mol. The molecule has 0 bridgehead atoms. The van der Waals surface area contributed by atoms with Gasteiger partial charge in [0.15, 0.2) is 0 Å². The molecule has 0 aliphatic heterocycles. The van der Waals surface area contributed by atoms with E-state index < -0.39 is 0 Å². The van der Waals surface area contributed by atoms with Gasteiger partial charge < -0.3 is 0 Å². The molecule has 0 radical (unpaired) electrons. The van der Waals surface area contributed by atoms with Gasteiger partial charge in [-0.25, -0.2) is 5.84 Å². The molecule has 0 saturated heterocycles.